The highest BCUT2D eigenvalue weighted by atomic mass is 32.2. The molecule has 0 bridgehead atoms. The van der Waals surface area contributed by atoms with E-state index in [9.17, 15) is 18.0 Å². The molecule has 2 aliphatic heterocycles. The zero-order valence-electron chi connectivity index (χ0n) is 16.7. The lowest BCUT2D eigenvalue weighted by atomic mass is 9.99. The first-order chi connectivity index (χ1) is 12.9. The average molecular weight is 401 g/mol. The topological polar surface area (TPSA) is 83.5 Å². The number of hydrogen-bond donors (Lipinski definition) is 1. The standard InChI is InChI=1S/C20H36N2O4S/c1-2-3-4-5-6-7-8-9-10-11-16-27(25,26)21-19-13-12-17(23)20-18(24)14-15-22(19)20/h19-21H,2-16H2,1H3. The Kier molecular flexibility index (Phi) is 9.39. The van der Waals surface area contributed by atoms with Gasteiger partial charge in [-0.1, -0.05) is 64.7 Å². The summed E-state index contributed by atoms with van der Waals surface area (Å²) in [6.07, 6.45) is 12.3. The van der Waals surface area contributed by atoms with Crippen molar-refractivity contribution >= 4 is 21.6 Å². The van der Waals surface area contributed by atoms with E-state index in [1.807, 2.05) is 0 Å². The molecule has 0 amide bonds. The maximum atomic E-state index is 12.4. The van der Waals surface area contributed by atoms with E-state index >= 15 is 0 Å². The van der Waals surface area contributed by atoms with Gasteiger partial charge >= 0.3 is 0 Å². The van der Waals surface area contributed by atoms with Crippen LogP contribution in [0, 0.1) is 0 Å². The van der Waals surface area contributed by atoms with Gasteiger partial charge in [-0.3, -0.25) is 14.5 Å². The van der Waals surface area contributed by atoms with Gasteiger partial charge in [0, 0.05) is 19.4 Å². The lowest BCUT2D eigenvalue weighted by Gasteiger charge is -2.35. The molecule has 0 aromatic carbocycles. The SMILES string of the molecule is CCCCCCCCCCCCS(=O)(=O)NC1CCC(=O)C2C(=O)CCN12. The van der Waals surface area contributed by atoms with Gasteiger partial charge in [-0.2, -0.15) is 4.72 Å². The second-order valence-corrected chi connectivity index (χ2v) is 9.87. The fourth-order valence-corrected chi connectivity index (χ4v) is 5.51. The molecule has 0 aromatic heterocycles. The number of rotatable bonds is 13. The summed E-state index contributed by atoms with van der Waals surface area (Å²) in [5.41, 5.74) is 0. The van der Waals surface area contributed by atoms with E-state index in [1.54, 1.807) is 4.90 Å². The molecule has 2 unspecified atom stereocenters. The number of fused-ring (bicyclic) bond motifs is 1. The molecule has 2 aliphatic rings. The van der Waals surface area contributed by atoms with Crippen LogP contribution in [-0.4, -0.2) is 49.4 Å². The summed E-state index contributed by atoms with van der Waals surface area (Å²) in [5.74, 6) is -0.0123. The number of piperidine rings is 1. The molecule has 27 heavy (non-hydrogen) atoms. The summed E-state index contributed by atoms with van der Waals surface area (Å²) in [7, 11) is -3.38. The van der Waals surface area contributed by atoms with Crippen molar-refractivity contribution in [2.45, 2.75) is 103 Å². The third kappa shape index (κ3) is 7.27. The van der Waals surface area contributed by atoms with Crippen LogP contribution in [0.2, 0.25) is 0 Å². The first-order valence-electron chi connectivity index (χ1n) is 10.8. The van der Waals surface area contributed by atoms with E-state index in [-0.39, 0.29) is 23.7 Å². The molecular formula is C20H36N2O4S. The Hall–Kier alpha value is -0.790. The number of carbonyl (C=O) groups excluding carboxylic acids is 2. The van der Waals surface area contributed by atoms with Crippen LogP contribution >= 0.6 is 0 Å². The predicted molar refractivity (Wildman–Crippen MR) is 107 cm³/mol. The van der Waals surface area contributed by atoms with Crippen molar-refractivity contribution in [2.24, 2.45) is 0 Å². The molecule has 0 spiro atoms. The van der Waals surface area contributed by atoms with Crippen molar-refractivity contribution in [1.29, 1.82) is 0 Å². The van der Waals surface area contributed by atoms with Gasteiger partial charge in [-0.25, -0.2) is 8.42 Å². The molecule has 1 N–H and O–H groups in total. The molecule has 0 aromatic rings. The summed E-state index contributed by atoms with van der Waals surface area (Å²) in [4.78, 5) is 25.5. The quantitative estimate of drug-likeness (QED) is 0.379. The van der Waals surface area contributed by atoms with Gasteiger partial charge in [0.25, 0.3) is 0 Å². The van der Waals surface area contributed by atoms with Gasteiger partial charge in [-0.15, -0.1) is 0 Å². The first kappa shape index (κ1) is 22.5. The fourth-order valence-electron chi connectivity index (χ4n) is 4.14. The molecule has 0 aliphatic carbocycles. The van der Waals surface area contributed by atoms with Gasteiger partial charge in [-0.05, 0) is 12.8 Å². The van der Waals surface area contributed by atoms with Crippen LogP contribution in [0.4, 0.5) is 0 Å². The van der Waals surface area contributed by atoms with Crippen molar-refractivity contribution in [1.82, 2.24) is 9.62 Å². The molecule has 2 saturated heterocycles. The minimum Gasteiger partial charge on any atom is -0.297 e. The van der Waals surface area contributed by atoms with Crippen LogP contribution in [0.3, 0.4) is 0 Å². The van der Waals surface area contributed by atoms with Gasteiger partial charge < -0.3 is 0 Å². The minimum atomic E-state index is -3.38. The molecule has 0 radical (unpaired) electrons. The number of unbranched alkanes of at least 4 members (excludes halogenated alkanes) is 9. The van der Waals surface area contributed by atoms with Crippen LogP contribution in [0.1, 0.15) is 90.4 Å². The molecular weight excluding hydrogens is 364 g/mol. The van der Waals surface area contributed by atoms with Crippen LogP contribution in [0.25, 0.3) is 0 Å². The lowest BCUT2D eigenvalue weighted by molar-refractivity contribution is -0.134. The third-order valence-electron chi connectivity index (χ3n) is 5.70. The minimum absolute atomic E-state index is 0.0670. The Morgan fingerprint density at radius 2 is 1.44 bits per heavy atom. The third-order valence-corrected chi connectivity index (χ3v) is 7.16. The van der Waals surface area contributed by atoms with Crippen LogP contribution in [0.5, 0.6) is 0 Å². The highest BCUT2D eigenvalue weighted by molar-refractivity contribution is 7.89. The van der Waals surface area contributed by atoms with Crippen LogP contribution in [-0.2, 0) is 19.6 Å². The van der Waals surface area contributed by atoms with E-state index < -0.39 is 22.2 Å². The summed E-state index contributed by atoms with van der Waals surface area (Å²) in [6, 6.07) is -0.719. The Morgan fingerprint density at radius 1 is 0.889 bits per heavy atom. The number of nitrogens with one attached hydrogen (secondary N) is 1. The number of carbonyl (C=O) groups is 2. The number of ketones is 2. The first-order valence-corrected chi connectivity index (χ1v) is 12.4. The van der Waals surface area contributed by atoms with E-state index in [1.165, 1.54) is 44.9 Å². The van der Waals surface area contributed by atoms with Gasteiger partial charge in [0.05, 0.1) is 11.9 Å². The maximum absolute atomic E-state index is 12.4. The summed E-state index contributed by atoms with van der Waals surface area (Å²) in [6.45, 7) is 2.69. The van der Waals surface area contributed by atoms with Crippen molar-refractivity contribution in [3.05, 3.63) is 0 Å². The lowest BCUT2D eigenvalue weighted by Crippen LogP contribution is -2.57. The van der Waals surface area contributed by atoms with Crippen LogP contribution in [0.15, 0.2) is 0 Å². The zero-order chi connectivity index (χ0) is 19.7. The second kappa shape index (κ2) is 11.3. The Labute approximate surface area is 164 Å². The van der Waals surface area contributed by atoms with Gasteiger partial charge in [0.15, 0.2) is 11.6 Å². The van der Waals surface area contributed by atoms with Crippen molar-refractivity contribution < 1.29 is 18.0 Å². The number of Topliss-reactive ketones (excluding diaryl/α,β-unsaturated/α-hetero) is 2. The monoisotopic (exact) mass is 400 g/mol. The van der Waals surface area contributed by atoms with E-state index in [2.05, 4.69) is 11.6 Å². The number of nitrogens with zero attached hydrogens (tertiary/aromatic N) is 1. The Morgan fingerprint density at radius 3 is 2.07 bits per heavy atom. The van der Waals surface area contributed by atoms with Gasteiger partial charge in [0.2, 0.25) is 10.0 Å². The van der Waals surface area contributed by atoms with Gasteiger partial charge in [0.1, 0.15) is 6.04 Å². The van der Waals surface area contributed by atoms with E-state index in [0.29, 0.717) is 25.8 Å². The van der Waals surface area contributed by atoms with Crippen LogP contribution < -0.4 is 4.72 Å². The normalized spacial score (nSPS) is 23.7. The highest BCUT2D eigenvalue weighted by Crippen LogP contribution is 2.26. The number of sulfonamides is 1. The maximum Gasteiger partial charge on any atom is 0.212 e. The molecule has 7 heteroatoms. The summed E-state index contributed by atoms with van der Waals surface area (Å²) >= 11 is 0. The Bertz CT molecular complexity index is 591. The smallest absolute Gasteiger partial charge is 0.212 e. The Balaban J connectivity index is 1.61. The predicted octanol–water partition coefficient (Wildman–Crippen LogP) is 3.16. The van der Waals surface area contributed by atoms with E-state index in [4.69, 9.17) is 0 Å². The fraction of sp³-hybridized carbons (Fsp3) is 0.900. The molecule has 2 rings (SSSR count). The number of hydrogen-bond acceptors (Lipinski definition) is 5. The molecule has 156 valence electrons. The molecule has 0 saturated carbocycles. The zero-order valence-corrected chi connectivity index (χ0v) is 17.6. The van der Waals surface area contributed by atoms with Crippen molar-refractivity contribution in [3.63, 3.8) is 0 Å². The summed E-state index contributed by atoms with van der Waals surface area (Å²) < 4.78 is 27.5. The van der Waals surface area contributed by atoms with Crippen molar-refractivity contribution in [2.75, 3.05) is 12.3 Å². The summed E-state index contributed by atoms with van der Waals surface area (Å²) in [5, 5.41) is 0. The molecule has 2 atom stereocenters. The van der Waals surface area contributed by atoms with E-state index in [0.717, 1.165) is 12.8 Å². The largest absolute Gasteiger partial charge is 0.297 e. The average Bonchev–Trinajstić information content (AvgIpc) is 3.02. The highest BCUT2D eigenvalue weighted by Gasteiger charge is 2.45. The molecule has 6 nitrogen and oxygen atoms in total. The van der Waals surface area contributed by atoms with Crippen molar-refractivity contribution in [3.8, 4) is 0 Å². The molecule has 2 fully saturated rings. The molecule has 2 heterocycles. The second-order valence-electron chi connectivity index (χ2n) is 8.00.